The summed E-state index contributed by atoms with van der Waals surface area (Å²) in [5, 5.41) is 0. The van der Waals surface area contributed by atoms with Crippen LogP contribution in [0.3, 0.4) is 0 Å². The van der Waals surface area contributed by atoms with Crippen LogP contribution in [0, 0.1) is 16.7 Å². The molecular weight excluding hydrogens is 246 g/mol. The molecule has 0 spiro atoms. The van der Waals surface area contributed by atoms with E-state index in [4.69, 9.17) is 5.73 Å². The Bertz CT molecular complexity index is 542. The summed E-state index contributed by atoms with van der Waals surface area (Å²) < 4.78 is 0. The van der Waals surface area contributed by atoms with Crippen molar-refractivity contribution in [1.82, 2.24) is 0 Å². The van der Waals surface area contributed by atoms with Gasteiger partial charge in [0.2, 0.25) is 5.91 Å². The molecule has 3 aliphatic rings. The Hall–Kier alpha value is -1.05. The summed E-state index contributed by atoms with van der Waals surface area (Å²) in [5.74, 6) is 0.449. The molecule has 0 heterocycles. The van der Waals surface area contributed by atoms with Gasteiger partial charge in [0.05, 0.1) is 5.41 Å². The van der Waals surface area contributed by atoms with Crippen molar-refractivity contribution in [2.75, 3.05) is 0 Å². The Labute approximate surface area is 122 Å². The molecule has 0 aromatic heterocycles. The predicted octanol–water partition coefficient (Wildman–Crippen LogP) is 4.11. The van der Waals surface area contributed by atoms with Gasteiger partial charge in [0.25, 0.3) is 0 Å². The number of fused-ring (bicyclic) bond motifs is 1. The van der Waals surface area contributed by atoms with Gasteiger partial charge >= 0.3 is 0 Å². The maximum atomic E-state index is 12.3. The first kappa shape index (κ1) is 13.9. The second kappa shape index (κ2) is 4.22. The van der Waals surface area contributed by atoms with Gasteiger partial charge in [0, 0.05) is 5.41 Å². The zero-order chi connectivity index (χ0) is 14.7. The van der Waals surface area contributed by atoms with Gasteiger partial charge in [-0.2, -0.15) is 0 Å². The fourth-order valence-corrected chi connectivity index (χ4v) is 5.46. The van der Waals surface area contributed by atoms with Crippen LogP contribution >= 0.6 is 0 Å². The first-order valence-corrected chi connectivity index (χ1v) is 8.06. The molecule has 2 saturated carbocycles. The molecule has 2 heteroatoms. The van der Waals surface area contributed by atoms with Crippen LogP contribution in [0.15, 0.2) is 22.3 Å². The number of amides is 1. The van der Waals surface area contributed by atoms with Crippen LogP contribution in [-0.2, 0) is 4.79 Å². The van der Waals surface area contributed by atoms with Crippen LogP contribution in [-0.4, -0.2) is 5.91 Å². The van der Waals surface area contributed by atoms with E-state index in [-0.39, 0.29) is 16.7 Å². The maximum Gasteiger partial charge on any atom is 0.224 e. The highest BCUT2D eigenvalue weighted by Crippen LogP contribution is 2.70. The second-order valence-electron chi connectivity index (χ2n) is 7.30. The van der Waals surface area contributed by atoms with E-state index in [0.717, 1.165) is 32.1 Å². The third-order valence-electron chi connectivity index (χ3n) is 6.98. The summed E-state index contributed by atoms with van der Waals surface area (Å²) in [6.45, 7) is 9.06. The van der Waals surface area contributed by atoms with Gasteiger partial charge in [-0.1, -0.05) is 30.9 Å². The van der Waals surface area contributed by atoms with Gasteiger partial charge in [0.15, 0.2) is 0 Å². The lowest BCUT2D eigenvalue weighted by atomic mass is 9.40. The molecule has 0 bridgehead atoms. The Balaban J connectivity index is 2.12. The minimum absolute atomic E-state index is 0.0434. The van der Waals surface area contributed by atoms with E-state index in [1.807, 2.05) is 0 Å². The Morgan fingerprint density at radius 3 is 2.15 bits per heavy atom. The number of hydrogen-bond acceptors (Lipinski definition) is 1. The lowest BCUT2D eigenvalue weighted by Crippen LogP contribution is -2.61. The third kappa shape index (κ3) is 1.38. The van der Waals surface area contributed by atoms with E-state index in [1.165, 1.54) is 23.1 Å². The molecule has 3 rings (SSSR count). The summed E-state index contributed by atoms with van der Waals surface area (Å²) in [7, 11) is 0. The molecular formula is C18H27NO. The van der Waals surface area contributed by atoms with E-state index < -0.39 is 0 Å². The number of hydrogen-bond donors (Lipinski definition) is 1. The average molecular weight is 273 g/mol. The van der Waals surface area contributed by atoms with Gasteiger partial charge in [-0.3, -0.25) is 4.79 Å². The van der Waals surface area contributed by atoms with Crippen molar-refractivity contribution in [3.63, 3.8) is 0 Å². The molecule has 0 radical (unpaired) electrons. The van der Waals surface area contributed by atoms with Crippen LogP contribution in [0.4, 0.5) is 0 Å². The number of primary amides is 1. The minimum Gasteiger partial charge on any atom is -0.369 e. The Morgan fingerprint density at radius 2 is 1.70 bits per heavy atom. The monoisotopic (exact) mass is 273 g/mol. The van der Waals surface area contributed by atoms with Gasteiger partial charge < -0.3 is 5.73 Å². The third-order valence-corrected chi connectivity index (χ3v) is 6.98. The Kier molecular flexibility index (Phi) is 2.94. The molecule has 110 valence electrons. The predicted molar refractivity (Wildman–Crippen MR) is 82.0 cm³/mol. The summed E-state index contributed by atoms with van der Waals surface area (Å²) >= 11 is 0. The zero-order valence-electron chi connectivity index (χ0n) is 13.3. The van der Waals surface area contributed by atoms with E-state index >= 15 is 0 Å². The molecule has 3 aliphatic carbocycles. The quantitative estimate of drug-likeness (QED) is 0.808. The summed E-state index contributed by atoms with van der Waals surface area (Å²) in [6.07, 6.45) is 6.74. The number of nitrogens with two attached hydrogens (primary N) is 1. The molecule has 0 aromatic carbocycles. The number of rotatable bonds is 2. The van der Waals surface area contributed by atoms with Gasteiger partial charge in [-0.15, -0.1) is 0 Å². The summed E-state index contributed by atoms with van der Waals surface area (Å²) in [5.41, 5.74) is 11.7. The molecule has 2 fully saturated rings. The summed E-state index contributed by atoms with van der Waals surface area (Å²) in [6, 6.07) is 0. The second-order valence-corrected chi connectivity index (χ2v) is 7.30. The van der Waals surface area contributed by atoms with Crippen molar-refractivity contribution in [3.8, 4) is 0 Å². The van der Waals surface area contributed by atoms with Crippen LogP contribution in [0.25, 0.3) is 0 Å². The summed E-state index contributed by atoms with van der Waals surface area (Å²) in [4.78, 5) is 12.3. The Morgan fingerprint density at radius 1 is 1.05 bits per heavy atom. The van der Waals surface area contributed by atoms with Crippen molar-refractivity contribution in [2.24, 2.45) is 22.5 Å². The number of carbonyl (C=O) groups is 1. The fraction of sp³-hybridized carbons (Fsp3) is 0.722. The number of allylic oxidation sites excluding steroid dienone is 4. The highest BCUT2D eigenvalue weighted by molar-refractivity contribution is 5.84. The highest BCUT2D eigenvalue weighted by Gasteiger charge is 2.65. The van der Waals surface area contributed by atoms with Crippen LogP contribution in [0.2, 0.25) is 0 Å². The smallest absolute Gasteiger partial charge is 0.224 e. The van der Waals surface area contributed by atoms with Crippen molar-refractivity contribution in [3.05, 3.63) is 22.3 Å². The molecule has 0 saturated heterocycles. The molecule has 2 N–H and O–H groups in total. The molecule has 2 nitrogen and oxygen atoms in total. The lowest BCUT2D eigenvalue weighted by molar-refractivity contribution is -0.155. The first-order chi connectivity index (χ1) is 9.37. The minimum atomic E-state index is -0.235. The van der Waals surface area contributed by atoms with Crippen molar-refractivity contribution in [1.29, 1.82) is 0 Å². The van der Waals surface area contributed by atoms with Crippen LogP contribution in [0.5, 0.6) is 0 Å². The molecule has 0 aliphatic heterocycles. The van der Waals surface area contributed by atoms with Crippen molar-refractivity contribution in [2.45, 2.75) is 66.2 Å². The molecule has 1 amide bonds. The normalized spacial score (nSPS) is 40.7. The largest absolute Gasteiger partial charge is 0.369 e. The van der Waals surface area contributed by atoms with Crippen LogP contribution in [0.1, 0.15) is 66.2 Å². The van der Waals surface area contributed by atoms with Gasteiger partial charge in [-0.05, 0) is 63.5 Å². The van der Waals surface area contributed by atoms with E-state index in [0.29, 0.717) is 5.92 Å². The standard InChI is InChI=1S/C18H27NO/c1-11-12(2)14(4)15(13(11)3)17-7-5-6-8-18(17,10-9-17)16(19)20/h13H,5-10H2,1-4H3,(H2,19,20). The van der Waals surface area contributed by atoms with Crippen LogP contribution < -0.4 is 5.73 Å². The topological polar surface area (TPSA) is 43.1 Å². The lowest BCUT2D eigenvalue weighted by Gasteiger charge is -2.62. The maximum absolute atomic E-state index is 12.3. The van der Waals surface area contributed by atoms with Crippen molar-refractivity contribution >= 4 is 5.91 Å². The number of carbonyl (C=O) groups excluding carboxylic acids is 1. The van der Waals surface area contributed by atoms with E-state index in [9.17, 15) is 4.79 Å². The fourth-order valence-electron chi connectivity index (χ4n) is 5.46. The molecule has 20 heavy (non-hydrogen) atoms. The van der Waals surface area contributed by atoms with Crippen molar-refractivity contribution < 1.29 is 4.79 Å². The first-order valence-electron chi connectivity index (χ1n) is 8.06. The van der Waals surface area contributed by atoms with E-state index in [1.54, 1.807) is 5.57 Å². The molecule has 3 unspecified atom stereocenters. The molecule has 3 atom stereocenters. The van der Waals surface area contributed by atoms with Gasteiger partial charge in [-0.25, -0.2) is 0 Å². The highest BCUT2D eigenvalue weighted by atomic mass is 16.1. The molecule has 0 aromatic rings. The van der Waals surface area contributed by atoms with E-state index in [2.05, 4.69) is 27.7 Å². The van der Waals surface area contributed by atoms with Gasteiger partial charge in [0.1, 0.15) is 0 Å². The zero-order valence-corrected chi connectivity index (χ0v) is 13.3. The average Bonchev–Trinajstić information content (AvgIpc) is 2.57. The SMILES string of the molecule is CC1=C(C)C(C)C(C23CCCCC2(C(N)=O)CC3)=C1C.